The van der Waals surface area contributed by atoms with Crippen molar-refractivity contribution in [3.8, 4) is 0 Å². The zero-order valence-electron chi connectivity index (χ0n) is 8.09. The Morgan fingerprint density at radius 2 is 1.93 bits per heavy atom. The average molecular weight is 245 g/mol. The van der Waals surface area contributed by atoms with Gasteiger partial charge in [0, 0.05) is 11.8 Å². The Morgan fingerprint density at radius 3 is 2.40 bits per heavy atom. The number of hydrogen-bond donors (Lipinski definition) is 2. The highest BCUT2D eigenvalue weighted by molar-refractivity contribution is 7.99. The van der Waals surface area contributed by atoms with Gasteiger partial charge in [0.15, 0.2) is 0 Å². The Hall–Kier alpha value is -0.430. The van der Waals surface area contributed by atoms with E-state index in [0.717, 1.165) is 0 Å². The fourth-order valence-corrected chi connectivity index (χ4v) is 1.97. The van der Waals surface area contributed by atoms with Gasteiger partial charge in [-0.05, 0) is 18.6 Å². The molecule has 1 aliphatic rings. The molecule has 3 nitrogen and oxygen atoms in total. The monoisotopic (exact) mass is 245 g/mol. The quantitative estimate of drug-likeness (QED) is 0.683. The zero-order chi connectivity index (χ0) is 11.9. The number of nitrogens with two attached hydrogens (primary N) is 1. The number of hydrogen-bond acceptors (Lipinski definition) is 3. The van der Waals surface area contributed by atoms with E-state index in [4.69, 9.17) is 15.6 Å². The van der Waals surface area contributed by atoms with Crippen molar-refractivity contribution in [2.24, 2.45) is 5.73 Å². The van der Waals surface area contributed by atoms with E-state index in [1.165, 1.54) is 30.8 Å². The molecule has 0 spiro atoms. The van der Waals surface area contributed by atoms with Gasteiger partial charge in [-0.25, -0.2) is 4.79 Å². The summed E-state index contributed by atoms with van der Waals surface area (Å²) in [6.45, 7) is 0. The summed E-state index contributed by atoms with van der Waals surface area (Å²) >= 11 is 2.00. The third kappa shape index (κ3) is 8.56. The van der Waals surface area contributed by atoms with Crippen LogP contribution in [-0.4, -0.2) is 34.8 Å². The molecule has 1 rings (SSSR count). The lowest BCUT2D eigenvalue weighted by Crippen LogP contribution is -2.21. The normalized spacial score (nSPS) is 22.3. The van der Waals surface area contributed by atoms with Crippen LogP contribution in [0.3, 0.4) is 0 Å². The number of carbonyl (C=O) groups is 1. The van der Waals surface area contributed by atoms with Gasteiger partial charge in [-0.1, -0.05) is 6.42 Å². The summed E-state index contributed by atoms with van der Waals surface area (Å²) in [4.78, 5) is 8.90. The molecule has 1 unspecified atom stereocenters. The van der Waals surface area contributed by atoms with E-state index in [1.807, 2.05) is 11.8 Å². The largest absolute Gasteiger partial charge is 0.490 e. The van der Waals surface area contributed by atoms with Crippen molar-refractivity contribution in [2.45, 2.75) is 31.5 Å². The smallest absolute Gasteiger partial charge is 0.475 e. The molecule has 0 aromatic rings. The average Bonchev–Trinajstić information content (AvgIpc) is 2.32. The number of aliphatic carboxylic acids is 1. The van der Waals surface area contributed by atoms with Gasteiger partial charge >= 0.3 is 12.1 Å². The van der Waals surface area contributed by atoms with Crippen LogP contribution in [0, 0.1) is 0 Å². The maximum atomic E-state index is 10.6. The topological polar surface area (TPSA) is 63.3 Å². The van der Waals surface area contributed by atoms with Crippen LogP contribution in [-0.2, 0) is 4.79 Å². The highest BCUT2D eigenvalue weighted by Gasteiger charge is 2.38. The van der Waals surface area contributed by atoms with Gasteiger partial charge in [0.1, 0.15) is 0 Å². The maximum Gasteiger partial charge on any atom is 0.490 e. The van der Waals surface area contributed by atoms with Crippen molar-refractivity contribution in [1.82, 2.24) is 0 Å². The molecular weight excluding hydrogens is 231 g/mol. The van der Waals surface area contributed by atoms with Crippen molar-refractivity contribution in [3.63, 3.8) is 0 Å². The third-order valence-electron chi connectivity index (χ3n) is 1.69. The van der Waals surface area contributed by atoms with Crippen LogP contribution in [0.25, 0.3) is 0 Å². The highest BCUT2D eigenvalue weighted by atomic mass is 32.2. The summed E-state index contributed by atoms with van der Waals surface area (Å²) < 4.78 is 31.7. The Morgan fingerprint density at radius 1 is 1.40 bits per heavy atom. The molecule has 0 amide bonds. The molecule has 7 heteroatoms. The number of alkyl halides is 3. The molecule has 1 heterocycles. The molecule has 0 saturated carbocycles. The fraction of sp³-hybridized carbons (Fsp3) is 0.875. The molecule has 0 aliphatic carbocycles. The number of rotatable bonds is 0. The van der Waals surface area contributed by atoms with Crippen LogP contribution in [0.1, 0.15) is 19.3 Å². The summed E-state index contributed by atoms with van der Waals surface area (Å²) in [6, 6.07) is 0.488. The first-order chi connectivity index (χ1) is 6.84. The number of thioether (sulfide) groups is 1. The lowest BCUT2D eigenvalue weighted by molar-refractivity contribution is -0.192. The Balaban J connectivity index is 0.000000265. The first kappa shape index (κ1) is 14.6. The number of carboxylic acids is 1. The van der Waals surface area contributed by atoms with Crippen molar-refractivity contribution in [2.75, 3.05) is 11.5 Å². The van der Waals surface area contributed by atoms with Crippen LogP contribution in [0.5, 0.6) is 0 Å². The molecule has 0 aromatic heterocycles. The molecule has 1 fully saturated rings. The van der Waals surface area contributed by atoms with Crippen LogP contribution in [0.4, 0.5) is 13.2 Å². The van der Waals surface area contributed by atoms with Gasteiger partial charge in [-0.2, -0.15) is 24.9 Å². The third-order valence-corrected chi connectivity index (χ3v) is 2.93. The predicted molar refractivity (Wildman–Crippen MR) is 52.8 cm³/mol. The predicted octanol–water partition coefficient (Wildman–Crippen LogP) is 1.86. The molecule has 15 heavy (non-hydrogen) atoms. The van der Waals surface area contributed by atoms with Crippen molar-refractivity contribution >= 4 is 17.7 Å². The van der Waals surface area contributed by atoms with E-state index < -0.39 is 12.1 Å². The van der Waals surface area contributed by atoms with Crippen LogP contribution >= 0.6 is 11.8 Å². The van der Waals surface area contributed by atoms with Gasteiger partial charge in [-0.3, -0.25) is 0 Å². The molecule has 90 valence electrons. The molecule has 3 N–H and O–H groups in total. The second-order valence-corrected chi connectivity index (χ2v) is 4.28. The van der Waals surface area contributed by atoms with Gasteiger partial charge in [0.2, 0.25) is 0 Å². The summed E-state index contributed by atoms with van der Waals surface area (Å²) in [5.74, 6) is -0.249. The SMILES string of the molecule is NC1CCCCSC1.O=C(O)C(F)(F)F. The first-order valence-corrected chi connectivity index (χ1v) is 5.63. The van der Waals surface area contributed by atoms with E-state index >= 15 is 0 Å². The summed E-state index contributed by atoms with van der Waals surface area (Å²) in [7, 11) is 0. The molecule has 0 aromatic carbocycles. The minimum Gasteiger partial charge on any atom is -0.475 e. The number of carboxylic acid groups (broad SMARTS) is 1. The van der Waals surface area contributed by atoms with Crippen molar-refractivity contribution in [1.29, 1.82) is 0 Å². The van der Waals surface area contributed by atoms with Gasteiger partial charge in [0.05, 0.1) is 0 Å². The lowest BCUT2D eigenvalue weighted by atomic mass is 10.2. The zero-order valence-corrected chi connectivity index (χ0v) is 8.90. The van der Waals surface area contributed by atoms with Crippen LogP contribution in [0.15, 0.2) is 0 Å². The molecule has 0 radical (unpaired) electrons. The minimum atomic E-state index is -5.08. The Kier molecular flexibility index (Phi) is 6.75. The second kappa shape index (κ2) is 6.95. The molecule has 1 aliphatic heterocycles. The molecule has 0 bridgehead atoms. The van der Waals surface area contributed by atoms with E-state index in [2.05, 4.69) is 0 Å². The first-order valence-electron chi connectivity index (χ1n) is 4.47. The van der Waals surface area contributed by atoms with Crippen molar-refractivity contribution < 1.29 is 23.1 Å². The van der Waals surface area contributed by atoms with E-state index in [1.54, 1.807) is 0 Å². The van der Waals surface area contributed by atoms with E-state index in [0.29, 0.717) is 6.04 Å². The fourth-order valence-electron chi connectivity index (χ4n) is 0.929. The molecule has 1 atom stereocenters. The molecular formula is C8H14F3NO2S. The van der Waals surface area contributed by atoms with Gasteiger partial charge in [-0.15, -0.1) is 0 Å². The second-order valence-electron chi connectivity index (χ2n) is 3.13. The minimum absolute atomic E-state index is 0.488. The van der Waals surface area contributed by atoms with E-state index in [-0.39, 0.29) is 0 Å². The van der Waals surface area contributed by atoms with Crippen molar-refractivity contribution in [3.05, 3.63) is 0 Å². The van der Waals surface area contributed by atoms with E-state index in [9.17, 15) is 13.2 Å². The van der Waals surface area contributed by atoms with Crippen LogP contribution < -0.4 is 5.73 Å². The Bertz CT molecular complexity index is 191. The van der Waals surface area contributed by atoms with Crippen LogP contribution in [0.2, 0.25) is 0 Å². The highest BCUT2D eigenvalue weighted by Crippen LogP contribution is 2.14. The summed E-state index contributed by atoms with van der Waals surface area (Å²) in [5, 5.41) is 7.12. The lowest BCUT2D eigenvalue weighted by Gasteiger charge is -2.02. The summed E-state index contributed by atoms with van der Waals surface area (Å²) in [6.07, 6.45) is -1.13. The Labute approximate surface area is 90.2 Å². The standard InChI is InChI=1S/C6H13NS.C2HF3O2/c7-6-3-1-2-4-8-5-6;3-2(4,5)1(6)7/h6H,1-5,7H2;(H,6,7). The maximum absolute atomic E-state index is 10.6. The summed E-state index contributed by atoms with van der Waals surface area (Å²) in [5.41, 5.74) is 5.71. The van der Waals surface area contributed by atoms with Gasteiger partial charge < -0.3 is 10.8 Å². The van der Waals surface area contributed by atoms with Gasteiger partial charge in [0.25, 0.3) is 0 Å². The molecule has 1 saturated heterocycles. The number of halogens is 3.